The lowest BCUT2D eigenvalue weighted by Crippen LogP contribution is -2.47. The van der Waals surface area contributed by atoms with Crippen LogP contribution in [-0.4, -0.2) is 12.7 Å². The first-order valence-electron chi connectivity index (χ1n) is 2.60. The maximum Gasteiger partial charge on any atom is 0.0627 e. The maximum atomic E-state index is 5.60. The van der Waals surface area contributed by atoms with Crippen molar-refractivity contribution in [3.63, 3.8) is 0 Å². The van der Waals surface area contributed by atoms with Crippen LogP contribution in [0.2, 0.25) is 0 Å². The van der Waals surface area contributed by atoms with Gasteiger partial charge in [0.15, 0.2) is 0 Å². The number of nitrogens with one attached hydrogen (secondary N) is 1. The number of hydrogen-bond donors (Lipinski definition) is 2. The SMILES string of the molecule is CCC(C)(N)NC. The Morgan fingerprint density at radius 3 is 2.14 bits per heavy atom. The van der Waals surface area contributed by atoms with Gasteiger partial charge >= 0.3 is 0 Å². The van der Waals surface area contributed by atoms with Gasteiger partial charge in [0.2, 0.25) is 0 Å². The van der Waals surface area contributed by atoms with Crippen molar-refractivity contribution in [2.24, 2.45) is 5.73 Å². The highest BCUT2D eigenvalue weighted by atomic mass is 15.1. The van der Waals surface area contributed by atoms with E-state index in [1.165, 1.54) is 0 Å². The lowest BCUT2D eigenvalue weighted by molar-refractivity contribution is 0.387. The fourth-order valence-electron chi connectivity index (χ4n) is 0.177. The first-order valence-corrected chi connectivity index (χ1v) is 2.60. The molecule has 0 aliphatic heterocycles. The monoisotopic (exact) mass is 102 g/mol. The molecule has 1 unspecified atom stereocenters. The largest absolute Gasteiger partial charge is 0.314 e. The van der Waals surface area contributed by atoms with E-state index in [0.29, 0.717) is 0 Å². The number of nitrogens with two attached hydrogens (primary N) is 1. The smallest absolute Gasteiger partial charge is 0.0627 e. The number of rotatable bonds is 2. The number of hydrogen-bond acceptors (Lipinski definition) is 2. The van der Waals surface area contributed by atoms with Crippen molar-refractivity contribution >= 4 is 0 Å². The molecule has 2 heteroatoms. The Bertz CT molecular complexity index is 44.0. The average molecular weight is 102 g/mol. The molecule has 0 saturated carbocycles. The van der Waals surface area contributed by atoms with E-state index in [9.17, 15) is 0 Å². The summed E-state index contributed by atoms with van der Waals surface area (Å²) in [5, 5.41) is 2.97. The van der Waals surface area contributed by atoms with Crippen LogP contribution in [0.1, 0.15) is 20.3 Å². The molecule has 0 amide bonds. The molecule has 44 valence electrons. The molecular weight excluding hydrogens is 88.1 g/mol. The summed E-state index contributed by atoms with van der Waals surface area (Å²) in [5.41, 5.74) is 5.44. The van der Waals surface area contributed by atoms with Crippen LogP contribution < -0.4 is 11.1 Å². The molecule has 1 atom stereocenters. The van der Waals surface area contributed by atoms with E-state index in [1.54, 1.807) is 0 Å². The van der Waals surface area contributed by atoms with Gasteiger partial charge in [0.1, 0.15) is 0 Å². The zero-order valence-corrected chi connectivity index (χ0v) is 5.28. The summed E-state index contributed by atoms with van der Waals surface area (Å²) < 4.78 is 0. The van der Waals surface area contributed by atoms with Gasteiger partial charge in [-0.15, -0.1) is 0 Å². The first kappa shape index (κ1) is 6.92. The van der Waals surface area contributed by atoms with E-state index in [1.807, 2.05) is 14.0 Å². The van der Waals surface area contributed by atoms with E-state index in [2.05, 4.69) is 12.2 Å². The summed E-state index contributed by atoms with van der Waals surface area (Å²) in [6, 6.07) is 0. The van der Waals surface area contributed by atoms with Crippen molar-refractivity contribution in [2.75, 3.05) is 7.05 Å². The van der Waals surface area contributed by atoms with Crippen LogP contribution in [0.3, 0.4) is 0 Å². The van der Waals surface area contributed by atoms with E-state index in [0.717, 1.165) is 6.42 Å². The molecule has 0 spiro atoms. The van der Waals surface area contributed by atoms with Crippen LogP contribution in [0, 0.1) is 0 Å². The molecule has 0 aliphatic carbocycles. The van der Waals surface area contributed by atoms with Gasteiger partial charge in [0.25, 0.3) is 0 Å². The van der Waals surface area contributed by atoms with Crippen LogP contribution in [0.15, 0.2) is 0 Å². The zero-order chi connectivity index (χ0) is 5.91. The summed E-state index contributed by atoms with van der Waals surface area (Å²) in [6.07, 6.45) is 0.962. The van der Waals surface area contributed by atoms with Crippen LogP contribution in [0.4, 0.5) is 0 Å². The van der Waals surface area contributed by atoms with Crippen LogP contribution in [0.25, 0.3) is 0 Å². The summed E-state index contributed by atoms with van der Waals surface area (Å²) in [5.74, 6) is 0. The van der Waals surface area contributed by atoms with E-state index in [4.69, 9.17) is 5.73 Å². The third kappa shape index (κ3) is 2.60. The maximum absolute atomic E-state index is 5.60. The van der Waals surface area contributed by atoms with E-state index >= 15 is 0 Å². The van der Waals surface area contributed by atoms with Crippen molar-refractivity contribution in [3.8, 4) is 0 Å². The minimum absolute atomic E-state index is 0.167. The predicted octanol–water partition coefficient (Wildman–Crippen LogP) is 0.291. The second kappa shape index (κ2) is 2.28. The minimum Gasteiger partial charge on any atom is -0.314 e. The molecule has 0 radical (unpaired) electrons. The third-order valence-electron chi connectivity index (χ3n) is 1.31. The van der Waals surface area contributed by atoms with E-state index < -0.39 is 0 Å². The summed E-state index contributed by atoms with van der Waals surface area (Å²) in [6.45, 7) is 4.02. The van der Waals surface area contributed by atoms with E-state index in [-0.39, 0.29) is 5.66 Å². The summed E-state index contributed by atoms with van der Waals surface area (Å²) >= 11 is 0. The van der Waals surface area contributed by atoms with Gasteiger partial charge in [-0.1, -0.05) is 6.92 Å². The lowest BCUT2D eigenvalue weighted by Gasteiger charge is -2.20. The first-order chi connectivity index (χ1) is 3.12. The Balaban J connectivity index is 3.36. The average Bonchev–Trinajstić information content (AvgIpc) is 1.68. The van der Waals surface area contributed by atoms with Gasteiger partial charge in [-0.05, 0) is 20.4 Å². The van der Waals surface area contributed by atoms with Crippen LogP contribution in [0.5, 0.6) is 0 Å². The molecule has 0 aliphatic rings. The molecule has 0 aromatic heterocycles. The van der Waals surface area contributed by atoms with Gasteiger partial charge in [-0.2, -0.15) is 0 Å². The normalized spacial score (nSPS) is 18.9. The molecule has 0 aromatic carbocycles. The second-order valence-electron chi connectivity index (χ2n) is 2.02. The Hall–Kier alpha value is -0.0800. The van der Waals surface area contributed by atoms with Crippen LogP contribution >= 0.6 is 0 Å². The van der Waals surface area contributed by atoms with Gasteiger partial charge in [-0.25, -0.2) is 0 Å². The van der Waals surface area contributed by atoms with Crippen LogP contribution in [-0.2, 0) is 0 Å². The molecular formula is C5H14N2. The second-order valence-corrected chi connectivity index (χ2v) is 2.02. The van der Waals surface area contributed by atoms with Crippen molar-refractivity contribution in [1.29, 1.82) is 0 Å². The van der Waals surface area contributed by atoms with Gasteiger partial charge in [0.05, 0.1) is 5.66 Å². The topological polar surface area (TPSA) is 38.0 Å². The fraction of sp³-hybridized carbons (Fsp3) is 1.00. The minimum atomic E-state index is -0.167. The van der Waals surface area contributed by atoms with Gasteiger partial charge in [0, 0.05) is 0 Å². The summed E-state index contributed by atoms with van der Waals surface area (Å²) in [7, 11) is 1.86. The molecule has 0 bridgehead atoms. The molecule has 0 aromatic rings. The molecule has 0 saturated heterocycles. The van der Waals surface area contributed by atoms with Crippen molar-refractivity contribution in [1.82, 2.24) is 5.32 Å². The summed E-state index contributed by atoms with van der Waals surface area (Å²) in [4.78, 5) is 0. The standard InChI is InChI=1S/C5H14N2/c1-4-5(2,6)7-3/h7H,4,6H2,1-3H3. The highest BCUT2D eigenvalue weighted by Crippen LogP contribution is 1.95. The van der Waals surface area contributed by atoms with Crippen molar-refractivity contribution < 1.29 is 0 Å². The van der Waals surface area contributed by atoms with Gasteiger partial charge < -0.3 is 11.1 Å². The molecule has 0 rings (SSSR count). The Labute approximate surface area is 45.1 Å². The Morgan fingerprint density at radius 2 is 2.14 bits per heavy atom. The third-order valence-corrected chi connectivity index (χ3v) is 1.31. The quantitative estimate of drug-likeness (QED) is 0.492. The Morgan fingerprint density at radius 1 is 1.71 bits per heavy atom. The van der Waals surface area contributed by atoms with Gasteiger partial charge in [-0.3, -0.25) is 0 Å². The zero-order valence-electron chi connectivity index (χ0n) is 5.28. The highest BCUT2D eigenvalue weighted by molar-refractivity contribution is 4.69. The van der Waals surface area contributed by atoms with Crippen molar-refractivity contribution in [2.45, 2.75) is 25.9 Å². The molecule has 2 nitrogen and oxygen atoms in total. The lowest BCUT2D eigenvalue weighted by atomic mass is 10.2. The van der Waals surface area contributed by atoms with Crippen molar-refractivity contribution in [3.05, 3.63) is 0 Å². The molecule has 7 heavy (non-hydrogen) atoms. The molecule has 0 heterocycles. The highest BCUT2D eigenvalue weighted by Gasteiger charge is 2.09. The Kier molecular flexibility index (Phi) is 2.26. The molecule has 0 fully saturated rings. The molecule has 3 N–H and O–H groups in total. The fourth-order valence-corrected chi connectivity index (χ4v) is 0.177. The predicted molar refractivity (Wildman–Crippen MR) is 31.9 cm³/mol.